The second-order valence-corrected chi connectivity index (χ2v) is 3.63. The zero-order valence-corrected chi connectivity index (χ0v) is 7.25. The lowest BCUT2D eigenvalue weighted by atomic mass is 10.1. The molecule has 0 spiro atoms. The van der Waals surface area contributed by atoms with Crippen LogP contribution in [0.4, 0.5) is 0 Å². The third kappa shape index (κ3) is 1.30. The average molecular weight is 155 g/mol. The SMILES string of the molecule is CCC1COCC2CCCN12. The Morgan fingerprint density at radius 3 is 3.18 bits per heavy atom. The lowest BCUT2D eigenvalue weighted by molar-refractivity contribution is -0.0308. The monoisotopic (exact) mass is 155 g/mol. The van der Waals surface area contributed by atoms with Crippen molar-refractivity contribution in [3.63, 3.8) is 0 Å². The topological polar surface area (TPSA) is 12.5 Å². The fourth-order valence-electron chi connectivity index (χ4n) is 2.31. The molecule has 2 fully saturated rings. The standard InChI is InChI=1S/C9H17NO/c1-2-8-6-11-7-9-4-3-5-10(8)9/h8-9H,2-7H2,1H3. The molecule has 2 atom stereocenters. The Morgan fingerprint density at radius 2 is 2.36 bits per heavy atom. The Morgan fingerprint density at radius 1 is 1.45 bits per heavy atom. The van der Waals surface area contributed by atoms with Gasteiger partial charge in [0.2, 0.25) is 0 Å². The highest BCUT2D eigenvalue weighted by Crippen LogP contribution is 2.25. The van der Waals surface area contributed by atoms with Crippen LogP contribution >= 0.6 is 0 Å². The van der Waals surface area contributed by atoms with E-state index in [4.69, 9.17) is 4.74 Å². The fourth-order valence-corrected chi connectivity index (χ4v) is 2.31. The molecule has 2 heterocycles. The Bertz CT molecular complexity index is 138. The van der Waals surface area contributed by atoms with Crippen molar-refractivity contribution in [1.29, 1.82) is 0 Å². The first-order chi connectivity index (χ1) is 5.42. The van der Waals surface area contributed by atoms with E-state index in [0.717, 1.165) is 25.3 Å². The number of ether oxygens (including phenoxy) is 1. The summed E-state index contributed by atoms with van der Waals surface area (Å²) in [5, 5.41) is 0. The maximum atomic E-state index is 5.55. The highest BCUT2D eigenvalue weighted by Gasteiger charge is 2.33. The van der Waals surface area contributed by atoms with Crippen LogP contribution in [0.2, 0.25) is 0 Å². The number of morpholine rings is 1. The molecular formula is C9H17NO. The van der Waals surface area contributed by atoms with Crippen molar-refractivity contribution in [2.75, 3.05) is 19.8 Å². The molecule has 0 amide bonds. The molecule has 11 heavy (non-hydrogen) atoms. The number of hydrogen-bond acceptors (Lipinski definition) is 2. The van der Waals surface area contributed by atoms with E-state index in [2.05, 4.69) is 11.8 Å². The minimum atomic E-state index is 0.719. The fraction of sp³-hybridized carbons (Fsp3) is 1.00. The molecule has 2 heteroatoms. The van der Waals surface area contributed by atoms with Gasteiger partial charge in [-0.1, -0.05) is 6.92 Å². The van der Waals surface area contributed by atoms with Gasteiger partial charge in [-0.25, -0.2) is 0 Å². The predicted molar refractivity (Wildman–Crippen MR) is 44.6 cm³/mol. The normalized spacial score (nSPS) is 39.0. The Labute approximate surface area is 68.5 Å². The maximum absolute atomic E-state index is 5.55. The van der Waals surface area contributed by atoms with Gasteiger partial charge in [-0.2, -0.15) is 0 Å². The van der Waals surface area contributed by atoms with Gasteiger partial charge in [-0.05, 0) is 25.8 Å². The van der Waals surface area contributed by atoms with Crippen molar-refractivity contribution in [3.05, 3.63) is 0 Å². The van der Waals surface area contributed by atoms with Crippen LogP contribution in [0.25, 0.3) is 0 Å². The molecule has 0 aromatic heterocycles. The smallest absolute Gasteiger partial charge is 0.0622 e. The minimum Gasteiger partial charge on any atom is -0.378 e. The van der Waals surface area contributed by atoms with Gasteiger partial charge in [0.15, 0.2) is 0 Å². The maximum Gasteiger partial charge on any atom is 0.0622 e. The molecular weight excluding hydrogens is 138 g/mol. The van der Waals surface area contributed by atoms with Gasteiger partial charge in [-0.15, -0.1) is 0 Å². The summed E-state index contributed by atoms with van der Waals surface area (Å²) in [5.41, 5.74) is 0. The first-order valence-electron chi connectivity index (χ1n) is 4.75. The third-order valence-electron chi connectivity index (χ3n) is 2.98. The quantitative estimate of drug-likeness (QED) is 0.565. The van der Waals surface area contributed by atoms with Crippen LogP contribution < -0.4 is 0 Å². The number of fused-ring (bicyclic) bond motifs is 1. The van der Waals surface area contributed by atoms with Crippen molar-refractivity contribution in [2.45, 2.75) is 38.3 Å². The summed E-state index contributed by atoms with van der Waals surface area (Å²) in [6.45, 7) is 5.52. The number of rotatable bonds is 1. The molecule has 2 saturated heterocycles. The molecule has 0 saturated carbocycles. The van der Waals surface area contributed by atoms with Crippen molar-refractivity contribution in [3.8, 4) is 0 Å². The second kappa shape index (κ2) is 3.11. The van der Waals surface area contributed by atoms with E-state index < -0.39 is 0 Å². The van der Waals surface area contributed by atoms with Crippen molar-refractivity contribution in [2.24, 2.45) is 0 Å². The third-order valence-corrected chi connectivity index (χ3v) is 2.98. The Kier molecular flexibility index (Phi) is 2.14. The largest absolute Gasteiger partial charge is 0.378 e. The Balaban J connectivity index is 2.00. The lowest BCUT2D eigenvalue weighted by Crippen LogP contribution is -2.48. The summed E-state index contributed by atoms with van der Waals surface area (Å²) in [6.07, 6.45) is 3.98. The summed E-state index contributed by atoms with van der Waals surface area (Å²) >= 11 is 0. The number of hydrogen-bond donors (Lipinski definition) is 0. The van der Waals surface area contributed by atoms with Gasteiger partial charge >= 0.3 is 0 Å². The number of nitrogens with zero attached hydrogens (tertiary/aromatic N) is 1. The molecule has 0 bridgehead atoms. The van der Waals surface area contributed by atoms with Crippen LogP contribution in [0.3, 0.4) is 0 Å². The molecule has 2 unspecified atom stereocenters. The van der Waals surface area contributed by atoms with E-state index >= 15 is 0 Å². The van der Waals surface area contributed by atoms with E-state index in [0.29, 0.717) is 0 Å². The summed E-state index contributed by atoms with van der Waals surface area (Å²) in [4.78, 5) is 2.64. The first-order valence-corrected chi connectivity index (χ1v) is 4.75. The van der Waals surface area contributed by atoms with Gasteiger partial charge in [0.1, 0.15) is 0 Å². The van der Waals surface area contributed by atoms with Gasteiger partial charge in [-0.3, -0.25) is 4.90 Å². The Hall–Kier alpha value is -0.0800. The van der Waals surface area contributed by atoms with Crippen LogP contribution in [0.5, 0.6) is 0 Å². The van der Waals surface area contributed by atoms with Crippen LogP contribution in [0, 0.1) is 0 Å². The van der Waals surface area contributed by atoms with Crippen molar-refractivity contribution in [1.82, 2.24) is 4.90 Å². The molecule has 64 valence electrons. The van der Waals surface area contributed by atoms with Crippen LogP contribution in [-0.4, -0.2) is 36.7 Å². The molecule has 0 aromatic rings. The van der Waals surface area contributed by atoms with Crippen LogP contribution in [-0.2, 0) is 4.74 Å². The molecule has 2 nitrogen and oxygen atoms in total. The van der Waals surface area contributed by atoms with E-state index in [-0.39, 0.29) is 0 Å². The van der Waals surface area contributed by atoms with Gasteiger partial charge in [0, 0.05) is 12.1 Å². The molecule has 2 rings (SSSR count). The van der Waals surface area contributed by atoms with Crippen molar-refractivity contribution < 1.29 is 4.74 Å². The van der Waals surface area contributed by atoms with E-state index in [1.54, 1.807) is 0 Å². The second-order valence-electron chi connectivity index (χ2n) is 3.63. The van der Waals surface area contributed by atoms with Gasteiger partial charge in [0.25, 0.3) is 0 Å². The highest BCUT2D eigenvalue weighted by atomic mass is 16.5. The van der Waals surface area contributed by atoms with Crippen molar-refractivity contribution >= 4 is 0 Å². The lowest BCUT2D eigenvalue weighted by Gasteiger charge is -2.36. The molecule has 2 aliphatic heterocycles. The summed E-state index contributed by atoms with van der Waals surface area (Å²) in [5.74, 6) is 0. The van der Waals surface area contributed by atoms with Crippen LogP contribution in [0.15, 0.2) is 0 Å². The molecule has 0 N–H and O–H groups in total. The van der Waals surface area contributed by atoms with Gasteiger partial charge in [0.05, 0.1) is 13.2 Å². The summed E-state index contributed by atoms with van der Waals surface area (Å²) in [7, 11) is 0. The predicted octanol–water partition coefficient (Wildman–Crippen LogP) is 1.26. The van der Waals surface area contributed by atoms with Gasteiger partial charge < -0.3 is 4.74 Å². The first kappa shape index (κ1) is 7.56. The van der Waals surface area contributed by atoms with E-state index in [1.165, 1.54) is 25.8 Å². The highest BCUT2D eigenvalue weighted by molar-refractivity contribution is 4.87. The zero-order valence-electron chi connectivity index (χ0n) is 7.25. The zero-order chi connectivity index (χ0) is 7.68. The minimum absolute atomic E-state index is 0.719. The van der Waals surface area contributed by atoms with E-state index in [1.807, 2.05) is 0 Å². The van der Waals surface area contributed by atoms with Crippen LogP contribution in [0.1, 0.15) is 26.2 Å². The molecule has 0 aromatic carbocycles. The molecule has 0 aliphatic carbocycles. The molecule has 2 aliphatic rings. The average Bonchev–Trinajstić information content (AvgIpc) is 2.50. The summed E-state index contributed by atoms with van der Waals surface area (Å²) in [6, 6.07) is 1.48. The summed E-state index contributed by atoms with van der Waals surface area (Å²) < 4.78 is 5.55. The van der Waals surface area contributed by atoms with E-state index in [9.17, 15) is 0 Å². The molecule has 0 radical (unpaired) electrons.